The molecule has 0 spiro atoms. The number of amides is 1. The average Bonchev–Trinajstić information content (AvgIpc) is 3.31. The molecule has 1 aromatic carbocycles. The van der Waals surface area contributed by atoms with Gasteiger partial charge in [0.1, 0.15) is 5.76 Å². The number of aromatic nitrogens is 2. The van der Waals surface area contributed by atoms with Crippen LogP contribution in [-0.4, -0.2) is 28.1 Å². The standard InChI is InChI=1S/C21H23N3O3/c1-21(2,3)16-9-7-15(8-10-16)20-23-22-18(27-20)14-24(4)19(25)12-11-17-6-5-13-26-17/h5-13H,14H2,1-4H3/b12-11+. The molecule has 0 radical (unpaired) electrons. The van der Waals surface area contributed by atoms with Gasteiger partial charge < -0.3 is 13.7 Å². The highest BCUT2D eigenvalue weighted by Gasteiger charge is 2.16. The fourth-order valence-electron chi connectivity index (χ4n) is 2.49. The molecule has 2 heterocycles. The van der Waals surface area contributed by atoms with Crippen molar-refractivity contribution in [2.75, 3.05) is 7.05 Å². The van der Waals surface area contributed by atoms with Crippen molar-refractivity contribution in [2.45, 2.75) is 32.7 Å². The molecule has 3 rings (SSSR count). The molecule has 0 saturated heterocycles. The van der Waals surface area contributed by atoms with E-state index in [0.717, 1.165) is 5.56 Å². The highest BCUT2D eigenvalue weighted by molar-refractivity contribution is 5.91. The second-order valence-electron chi connectivity index (χ2n) is 7.37. The molecular formula is C21H23N3O3. The van der Waals surface area contributed by atoms with Gasteiger partial charge in [-0.15, -0.1) is 10.2 Å². The molecule has 3 aromatic rings. The van der Waals surface area contributed by atoms with Gasteiger partial charge in [-0.25, -0.2) is 0 Å². The lowest BCUT2D eigenvalue weighted by Crippen LogP contribution is -2.24. The first-order valence-corrected chi connectivity index (χ1v) is 8.73. The van der Waals surface area contributed by atoms with Gasteiger partial charge in [-0.2, -0.15) is 0 Å². The van der Waals surface area contributed by atoms with E-state index < -0.39 is 0 Å². The predicted molar refractivity (Wildman–Crippen MR) is 103 cm³/mol. The minimum atomic E-state index is -0.180. The molecular weight excluding hydrogens is 342 g/mol. The molecule has 27 heavy (non-hydrogen) atoms. The first kappa shape index (κ1) is 18.6. The molecule has 0 atom stereocenters. The van der Waals surface area contributed by atoms with Crippen molar-refractivity contribution in [3.05, 3.63) is 66.0 Å². The summed E-state index contributed by atoms with van der Waals surface area (Å²) in [6.07, 6.45) is 4.62. The number of carbonyl (C=O) groups is 1. The van der Waals surface area contributed by atoms with Crippen LogP contribution in [0.5, 0.6) is 0 Å². The zero-order valence-electron chi connectivity index (χ0n) is 16.0. The Bertz CT molecular complexity index is 916. The molecule has 6 heteroatoms. The molecule has 1 amide bonds. The molecule has 0 bridgehead atoms. The molecule has 0 aliphatic rings. The maximum Gasteiger partial charge on any atom is 0.247 e. The van der Waals surface area contributed by atoms with E-state index in [-0.39, 0.29) is 17.9 Å². The summed E-state index contributed by atoms with van der Waals surface area (Å²) in [6, 6.07) is 11.6. The summed E-state index contributed by atoms with van der Waals surface area (Å²) < 4.78 is 10.9. The largest absolute Gasteiger partial charge is 0.465 e. The van der Waals surface area contributed by atoms with E-state index in [9.17, 15) is 4.79 Å². The number of hydrogen-bond acceptors (Lipinski definition) is 5. The van der Waals surface area contributed by atoms with Crippen LogP contribution < -0.4 is 0 Å². The molecule has 0 aliphatic carbocycles. The number of hydrogen-bond donors (Lipinski definition) is 0. The van der Waals surface area contributed by atoms with Gasteiger partial charge in [0, 0.05) is 18.7 Å². The SMILES string of the molecule is CN(Cc1nnc(-c2ccc(C(C)(C)C)cc2)o1)C(=O)/C=C/c1ccco1. The maximum absolute atomic E-state index is 12.2. The van der Waals surface area contributed by atoms with E-state index in [1.807, 2.05) is 12.1 Å². The Kier molecular flexibility index (Phi) is 5.26. The average molecular weight is 365 g/mol. The fraction of sp³-hybridized carbons (Fsp3) is 0.286. The molecule has 0 saturated carbocycles. The summed E-state index contributed by atoms with van der Waals surface area (Å²) in [5.41, 5.74) is 2.18. The molecule has 0 aliphatic heterocycles. The van der Waals surface area contributed by atoms with Gasteiger partial charge in [0.2, 0.25) is 17.7 Å². The Morgan fingerprint density at radius 2 is 1.89 bits per heavy atom. The van der Waals surface area contributed by atoms with Crippen molar-refractivity contribution >= 4 is 12.0 Å². The Morgan fingerprint density at radius 1 is 1.15 bits per heavy atom. The molecule has 6 nitrogen and oxygen atoms in total. The van der Waals surface area contributed by atoms with Gasteiger partial charge in [0.15, 0.2) is 0 Å². The summed E-state index contributed by atoms with van der Waals surface area (Å²) in [7, 11) is 1.68. The first-order chi connectivity index (χ1) is 12.8. The van der Waals surface area contributed by atoms with Gasteiger partial charge in [0.25, 0.3) is 0 Å². The first-order valence-electron chi connectivity index (χ1n) is 8.73. The van der Waals surface area contributed by atoms with Crippen LogP contribution in [0.25, 0.3) is 17.5 Å². The Morgan fingerprint density at radius 3 is 2.52 bits per heavy atom. The number of likely N-dealkylation sites (N-methyl/N-ethyl adjacent to an activating group) is 1. The Labute approximate surface area is 158 Å². The van der Waals surface area contributed by atoms with E-state index in [4.69, 9.17) is 8.83 Å². The summed E-state index contributed by atoms with van der Waals surface area (Å²) in [5, 5.41) is 8.13. The summed E-state index contributed by atoms with van der Waals surface area (Å²) >= 11 is 0. The minimum Gasteiger partial charge on any atom is -0.465 e. The van der Waals surface area contributed by atoms with Crippen molar-refractivity contribution in [3.63, 3.8) is 0 Å². The van der Waals surface area contributed by atoms with Gasteiger partial charge >= 0.3 is 0 Å². The highest BCUT2D eigenvalue weighted by atomic mass is 16.4. The van der Waals surface area contributed by atoms with Crippen LogP contribution in [0.1, 0.15) is 38.0 Å². The lowest BCUT2D eigenvalue weighted by atomic mass is 9.87. The minimum absolute atomic E-state index is 0.0881. The Hall–Kier alpha value is -3.15. The van der Waals surface area contributed by atoms with Crippen molar-refractivity contribution < 1.29 is 13.6 Å². The number of furan rings is 1. The van der Waals surface area contributed by atoms with Crippen LogP contribution in [0.15, 0.2) is 57.6 Å². The van der Waals surface area contributed by atoms with Crippen molar-refractivity contribution in [2.24, 2.45) is 0 Å². The van der Waals surface area contributed by atoms with E-state index in [1.54, 1.807) is 31.5 Å². The van der Waals surface area contributed by atoms with Crippen molar-refractivity contribution in [1.29, 1.82) is 0 Å². The zero-order chi connectivity index (χ0) is 19.4. The number of carbonyl (C=O) groups excluding carboxylic acids is 1. The van der Waals surface area contributed by atoms with Crippen LogP contribution in [0.2, 0.25) is 0 Å². The molecule has 2 aromatic heterocycles. The van der Waals surface area contributed by atoms with Gasteiger partial charge in [-0.05, 0) is 41.3 Å². The lowest BCUT2D eigenvalue weighted by Gasteiger charge is -2.18. The van der Waals surface area contributed by atoms with Crippen LogP contribution >= 0.6 is 0 Å². The van der Waals surface area contributed by atoms with Gasteiger partial charge in [0.05, 0.1) is 12.8 Å². The van der Waals surface area contributed by atoms with Crippen LogP contribution in [0.3, 0.4) is 0 Å². The number of nitrogens with zero attached hydrogens (tertiary/aromatic N) is 3. The third-order valence-corrected chi connectivity index (χ3v) is 4.15. The van der Waals surface area contributed by atoms with Gasteiger partial charge in [-0.3, -0.25) is 4.79 Å². The van der Waals surface area contributed by atoms with E-state index in [0.29, 0.717) is 17.5 Å². The molecule has 0 unspecified atom stereocenters. The normalized spacial score (nSPS) is 11.9. The smallest absolute Gasteiger partial charge is 0.247 e. The third-order valence-electron chi connectivity index (χ3n) is 4.15. The third kappa shape index (κ3) is 4.73. The predicted octanol–water partition coefficient (Wildman–Crippen LogP) is 4.30. The van der Waals surface area contributed by atoms with E-state index in [2.05, 4.69) is 43.1 Å². The second-order valence-corrected chi connectivity index (χ2v) is 7.37. The van der Waals surface area contributed by atoms with Crippen LogP contribution in [0, 0.1) is 0 Å². The van der Waals surface area contributed by atoms with Crippen LogP contribution in [-0.2, 0) is 16.8 Å². The quantitative estimate of drug-likeness (QED) is 0.630. The second kappa shape index (κ2) is 7.61. The number of benzene rings is 1. The monoisotopic (exact) mass is 365 g/mol. The maximum atomic E-state index is 12.2. The molecule has 140 valence electrons. The lowest BCUT2D eigenvalue weighted by molar-refractivity contribution is -0.125. The molecule has 0 fully saturated rings. The Balaban J connectivity index is 1.64. The van der Waals surface area contributed by atoms with Gasteiger partial charge in [-0.1, -0.05) is 32.9 Å². The fourth-order valence-corrected chi connectivity index (χ4v) is 2.49. The van der Waals surface area contributed by atoms with Crippen molar-refractivity contribution in [1.82, 2.24) is 15.1 Å². The zero-order valence-corrected chi connectivity index (χ0v) is 16.0. The van der Waals surface area contributed by atoms with E-state index >= 15 is 0 Å². The highest BCUT2D eigenvalue weighted by Crippen LogP contribution is 2.25. The van der Waals surface area contributed by atoms with Crippen molar-refractivity contribution in [3.8, 4) is 11.5 Å². The summed E-state index contributed by atoms with van der Waals surface area (Å²) in [6.45, 7) is 6.73. The topological polar surface area (TPSA) is 72.4 Å². The molecule has 0 N–H and O–H groups in total. The summed E-state index contributed by atoms with van der Waals surface area (Å²) in [4.78, 5) is 13.7. The van der Waals surface area contributed by atoms with Crippen LogP contribution in [0.4, 0.5) is 0 Å². The summed E-state index contributed by atoms with van der Waals surface area (Å²) in [5.74, 6) is 1.26. The van der Waals surface area contributed by atoms with E-state index in [1.165, 1.54) is 16.5 Å². The number of rotatable bonds is 5.